The number of nitrogens with zero attached hydrogens (tertiary/aromatic N) is 2. The largest absolute Gasteiger partial charge is 0.440 e. The second-order valence-corrected chi connectivity index (χ2v) is 10.0. The lowest BCUT2D eigenvalue weighted by Crippen LogP contribution is -1.97. The molecule has 0 saturated carbocycles. The Bertz CT molecular complexity index is 806. The Labute approximate surface area is 198 Å². The van der Waals surface area contributed by atoms with Crippen molar-refractivity contribution in [3.8, 4) is 0 Å². The summed E-state index contributed by atoms with van der Waals surface area (Å²) in [6, 6.07) is 3.42. The monoisotopic (exact) mass is 462 g/mol. The van der Waals surface area contributed by atoms with Crippen molar-refractivity contribution in [2.75, 3.05) is 5.75 Å². The number of nitro benzene ring substituents is 1. The predicted octanol–water partition coefficient (Wildman–Crippen LogP) is 9.43. The fourth-order valence-corrected chi connectivity index (χ4v) is 5.16. The summed E-state index contributed by atoms with van der Waals surface area (Å²) in [5.74, 6) is 1.91. The Hall–Kier alpha value is -1.56. The van der Waals surface area contributed by atoms with E-state index in [1.165, 1.54) is 57.8 Å². The van der Waals surface area contributed by atoms with Crippen molar-refractivity contribution in [2.45, 2.75) is 121 Å². The lowest BCUT2D eigenvalue weighted by Gasteiger charge is -2.08. The molecule has 0 fully saturated rings. The highest BCUT2D eigenvalue weighted by Crippen LogP contribution is 2.36. The average molecular weight is 463 g/mol. The van der Waals surface area contributed by atoms with E-state index in [2.05, 4.69) is 20.8 Å². The van der Waals surface area contributed by atoms with Gasteiger partial charge in [-0.3, -0.25) is 10.1 Å². The van der Waals surface area contributed by atoms with Crippen LogP contribution in [0.4, 0.5) is 5.69 Å². The van der Waals surface area contributed by atoms with Crippen LogP contribution in [0, 0.1) is 10.1 Å². The van der Waals surface area contributed by atoms with Gasteiger partial charge < -0.3 is 4.42 Å². The molecule has 2 rings (SSSR count). The Balaban J connectivity index is 1.86. The van der Waals surface area contributed by atoms with Crippen LogP contribution >= 0.6 is 11.8 Å². The number of unbranched alkanes of at least 4 members (excludes halogenated alkanes) is 10. The summed E-state index contributed by atoms with van der Waals surface area (Å²) in [6.45, 7) is 6.58. The number of rotatable bonds is 18. The quantitative estimate of drug-likeness (QED) is 0.0954. The van der Waals surface area contributed by atoms with Crippen molar-refractivity contribution in [1.29, 1.82) is 0 Å². The van der Waals surface area contributed by atoms with Gasteiger partial charge >= 0.3 is 0 Å². The molecule has 0 aliphatic heterocycles. The van der Waals surface area contributed by atoms with E-state index in [4.69, 9.17) is 9.40 Å². The molecule has 0 spiro atoms. The maximum absolute atomic E-state index is 11.6. The highest BCUT2D eigenvalue weighted by Gasteiger charge is 2.21. The maximum Gasteiger partial charge on any atom is 0.286 e. The summed E-state index contributed by atoms with van der Waals surface area (Å²) in [5.41, 5.74) is 1.41. The van der Waals surface area contributed by atoms with Gasteiger partial charge in [0.05, 0.1) is 15.9 Å². The molecule has 0 aliphatic rings. The Morgan fingerprint density at radius 2 is 1.56 bits per heavy atom. The molecule has 6 heteroatoms. The summed E-state index contributed by atoms with van der Waals surface area (Å²) < 4.78 is 5.95. The summed E-state index contributed by atoms with van der Waals surface area (Å²) >= 11 is 1.58. The number of nitro groups is 1. The van der Waals surface area contributed by atoms with E-state index in [9.17, 15) is 10.1 Å². The zero-order valence-corrected chi connectivity index (χ0v) is 21.2. The lowest BCUT2D eigenvalue weighted by atomic mass is 9.99. The van der Waals surface area contributed by atoms with E-state index in [0.717, 1.165) is 49.3 Å². The molecule has 180 valence electrons. The molecule has 5 nitrogen and oxygen atoms in total. The molecule has 1 atom stereocenters. The molecule has 0 saturated heterocycles. The van der Waals surface area contributed by atoms with Gasteiger partial charge in [-0.2, -0.15) is 0 Å². The third kappa shape index (κ3) is 8.76. The third-order valence-electron chi connectivity index (χ3n) is 6.19. The minimum absolute atomic E-state index is 0.138. The number of hydrogen-bond acceptors (Lipinski definition) is 5. The van der Waals surface area contributed by atoms with Gasteiger partial charge in [-0.05, 0) is 31.1 Å². The van der Waals surface area contributed by atoms with Crippen LogP contribution in [0.1, 0.15) is 122 Å². The number of aromatic nitrogens is 1. The maximum atomic E-state index is 11.6. The molecule has 1 aromatic heterocycles. The summed E-state index contributed by atoms with van der Waals surface area (Å²) in [4.78, 5) is 16.7. The SMILES string of the molecule is CCCCCCCCCCCCSc1cc2nc(C(CC)CCCC)oc2cc1[N+](=O)[O-]. The lowest BCUT2D eigenvalue weighted by molar-refractivity contribution is -0.387. The zero-order valence-electron chi connectivity index (χ0n) is 20.4. The smallest absolute Gasteiger partial charge is 0.286 e. The number of oxazole rings is 1. The Kier molecular flexibility index (Phi) is 12.8. The van der Waals surface area contributed by atoms with Gasteiger partial charge in [-0.15, -0.1) is 11.8 Å². The van der Waals surface area contributed by atoms with E-state index in [0.29, 0.717) is 10.5 Å². The highest BCUT2D eigenvalue weighted by atomic mass is 32.2. The average Bonchev–Trinajstić information content (AvgIpc) is 3.20. The first-order valence-electron chi connectivity index (χ1n) is 12.8. The van der Waals surface area contributed by atoms with Crippen molar-refractivity contribution in [3.05, 3.63) is 28.1 Å². The first-order valence-corrected chi connectivity index (χ1v) is 13.8. The number of hydrogen-bond donors (Lipinski definition) is 0. The van der Waals surface area contributed by atoms with Crippen LogP contribution in [0.2, 0.25) is 0 Å². The zero-order chi connectivity index (χ0) is 23.2. The molecule has 0 radical (unpaired) electrons. The van der Waals surface area contributed by atoms with Crippen LogP contribution in [-0.2, 0) is 0 Å². The Morgan fingerprint density at radius 3 is 2.16 bits per heavy atom. The summed E-state index contributed by atoms with van der Waals surface area (Å²) in [6.07, 6.45) is 17.3. The topological polar surface area (TPSA) is 69.2 Å². The number of benzene rings is 1. The molecule has 1 aromatic carbocycles. The second-order valence-electron chi connectivity index (χ2n) is 8.87. The van der Waals surface area contributed by atoms with Crippen molar-refractivity contribution in [2.24, 2.45) is 0 Å². The minimum atomic E-state index is -0.295. The molecular weight excluding hydrogens is 420 g/mol. The molecule has 32 heavy (non-hydrogen) atoms. The molecule has 2 aromatic rings. The number of thioether (sulfide) groups is 1. The van der Waals surface area contributed by atoms with E-state index < -0.39 is 0 Å². The van der Waals surface area contributed by atoms with Gasteiger partial charge in [0.15, 0.2) is 11.5 Å². The van der Waals surface area contributed by atoms with Gasteiger partial charge in [0.2, 0.25) is 0 Å². The van der Waals surface area contributed by atoms with Crippen molar-refractivity contribution < 1.29 is 9.34 Å². The number of fused-ring (bicyclic) bond motifs is 1. The van der Waals surface area contributed by atoms with E-state index >= 15 is 0 Å². The van der Waals surface area contributed by atoms with E-state index in [1.54, 1.807) is 17.8 Å². The first kappa shape index (κ1) is 26.7. The predicted molar refractivity (Wildman–Crippen MR) is 136 cm³/mol. The van der Waals surface area contributed by atoms with Crippen molar-refractivity contribution >= 4 is 28.5 Å². The fraction of sp³-hybridized carbons (Fsp3) is 0.731. The van der Waals surface area contributed by atoms with Gasteiger partial charge in [-0.1, -0.05) is 91.4 Å². The molecule has 0 amide bonds. The molecule has 0 bridgehead atoms. The third-order valence-corrected chi connectivity index (χ3v) is 7.32. The fourth-order valence-electron chi connectivity index (χ4n) is 4.12. The van der Waals surface area contributed by atoms with Crippen molar-refractivity contribution in [3.63, 3.8) is 0 Å². The van der Waals surface area contributed by atoms with Crippen LogP contribution in [0.15, 0.2) is 21.4 Å². The molecule has 0 N–H and O–H groups in total. The highest BCUT2D eigenvalue weighted by molar-refractivity contribution is 7.99. The van der Waals surface area contributed by atoms with E-state index in [1.807, 2.05) is 6.07 Å². The van der Waals surface area contributed by atoms with Crippen LogP contribution in [-0.4, -0.2) is 15.7 Å². The van der Waals surface area contributed by atoms with Crippen LogP contribution in [0.25, 0.3) is 11.1 Å². The standard InChI is InChI=1S/C26H42N2O3S/c1-4-7-9-10-11-12-13-14-15-16-18-32-25-19-22-24(20-23(25)28(29)30)31-26(27-22)21(6-3)17-8-5-2/h19-21H,4-18H2,1-3H3. The van der Waals surface area contributed by atoms with E-state index in [-0.39, 0.29) is 16.5 Å². The van der Waals surface area contributed by atoms with Gasteiger partial charge in [0.1, 0.15) is 5.52 Å². The van der Waals surface area contributed by atoms with Crippen molar-refractivity contribution in [1.82, 2.24) is 4.98 Å². The van der Waals surface area contributed by atoms with Gasteiger partial charge in [0.25, 0.3) is 5.69 Å². The normalized spacial score (nSPS) is 12.5. The summed E-state index contributed by atoms with van der Waals surface area (Å²) in [5, 5.41) is 11.6. The van der Waals surface area contributed by atoms with Crippen LogP contribution < -0.4 is 0 Å². The molecule has 1 heterocycles. The molecule has 0 aliphatic carbocycles. The van der Waals surface area contributed by atoms with Gasteiger partial charge in [-0.25, -0.2) is 4.98 Å². The van der Waals surface area contributed by atoms with Crippen LogP contribution in [0.3, 0.4) is 0 Å². The molecular formula is C26H42N2O3S. The minimum Gasteiger partial charge on any atom is -0.440 e. The summed E-state index contributed by atoms with van der Waals surface area (Å²) in [7, 11) is 0. The van der Waals surface area contributed by atoms with Gasteiger partial charge in [0, 0.05) is 5.92 Å². The molecule has 1 unspecified atom stereocenters. The first-order chi connectivity index (χ1) is 15.6. The Morgan fingerprint density at radius 1 is 0.938 bits per heavy atom. The van der Waals surface area contributed by atoms with Crippen LogP contribution in [0.5, 0.6) is 0 Å². The second kappa shape index (κ2) is 15.3.